The van der Waals surface area contributed by atoms with E-state index < -0.39 is 0 Å². The second kappa shape index (κ2) is 5.76. The van der Waals surface area contributed by atoms with Crippen LogP contribution in [0, 0.1) is 0 Å². The summed E-state index contributed by atoms with van der Waals surface area (Å²) in [5, 5.41) is 0. The van der Waals surface area contributed by atoms with Gasteiger partial charge in [-0.1, -0.05) is 12.8 Å². The molecule has 1 saturated heterocycles. The maximum atomic E-state index is 12.1. The fourth-order valence-corrected chi connectivity index (χ4v) is 2.16. The van der Waals surface area contributed by atoms with Crippen LogP contribution in [0.1, 0.15) is 25.7 Å². The Balaban J connectivity index is 2.39. The number of alkyl halides is 2. The van der Waals surface area contributed by atoms with E-state index in [4.69, 9.17) is 11.6 Å². The summed E-state index contributed by atoms with van der Waals surface area (Å²) in [5.74, 6) is 0.653. The molecule has 0 amide bonds. The van der Waals surface area contributed by atoms with Crippen molar-refractivity contribution in [3.8, 4) is 0 Å². The Morgan fingerprint density at radius 1 is 1.33 bits per heavy atom. The lowest BCUT2D eigenvalue weighted by atomic mass is 10.1. The molecule has 0 saturated carbocycles. The molecule has 72 valence electrons. The number of hydrogen-bond donors (Lipinski definition) is 0. The molecule has 0 aliphatic carbocycles. The van der Waals surface area contributed by atoms with Gasteiger partial charge in [0.25, 0.3) is 0 Å². The molecular formula is C9H17ClFN. The molecule has 1 nitrogen and oxygen atoms in total. The lowest BCUT2D eigenvalue weighted by Crippen LogP contribution is -2.37. The summed E-state index contributed by atoms with van der Waals surface area (Å²) in [6.45, 7) is 1.35. The van der Waals surface area contributed by atoms with Crippen molar-refractivity contribution >= 4 is 11.6 Å². The number of halogens is 2. The maximum Gasteiger partial charge on any atom is 0.102 e. The molecule has 0 radical (unpaired) electrons. The summed E-state index contributed by atoms with van der Waals surface area (Å²) in [6, 6.07) is 0.421. The molecule has 1 aliphatic heterocycles. The number of likely N-dealkylation sites (tertiary alicyclic amines) is 1. The SMILES string of the molecule is FCCN1CCCCCC1CCl. The van der Waals surface area contributed by atoms with Crippen LogP contribution in [-0.4, -0.2) is 36.6 Å². The summed E-state index contributed by atoms with van der Waals surface area (Å²) < 4.78 is 12.1. The molecule has 12 heavy (non-hydrogen) atoms. The van der Waals surface area contributed by atoms with E-state index in [0.29, 0.717) is 18.5 Å². The van der Waals surface area contributed by atoms with E-state index in [9.17, 15) is 4.39 Å². The van der Waals surface area contributed by atoms with E-state index in [1.54, 1.807) is 0 Å². The van der Waals surface area contributed by atoms with E-state index in [-0.39, 0.29) is 6.67 Å². The molecule has 0 bridgehead atoms. The van der Waals surface area contributed by atoms with Crippen molar-refractivity contribution in [2.45, 2.75) is 31.7 Å². The fourth-order valence-electron chi connectivity index (χ4n) is 1.81. The van der Waals surface area contributed by atoms with Crippen molar-refractivity contribution in [2.24, 2.45) is 0 Å². The van der Waals surface area contributed by atoms with Crippen molar-refractivity contribution in [3.63, 3.8) is 0 Å². The van der Waals surface area contributed by atoms with Gasteiger partial charge in [-0.3, -0.25) is 4.90 Å². The second-order valence-corrected chi connectivity index (χ2v) is 3.69. The predicted molar refractivity (Wildman–Crippen MR) is 50.5 cm³/mol. The van der Waals surface area contributed by atoms with Gasteiger partial charge in [0.15, 0.2) is 0 Å². The van der Waals surface area contributed by atoms with Crippen LogP contribution in [0.15, 0.2) is 0 Å². The van der Waals surface area contributed by atoms with Crippen LogP contribution in [0.4, 0.5) is 4.39 Å². The Morgan fingerprint density at radius 2 is 2.17 bits per heavy atom. The molecule has 3 heteroatoms. The third-order valence-electron chi connectivity index (χ3n) is 2.55. The normalized spacial score (nSPS) is 27.0. The molecule has 1 rings (SSSR count). The molecule has 0 aromatic rings. The van der Waals surface area contributed by atoms with Crippen LogP contribution < -0.4 is 0 Å². The van der Waals surface area contributed by atoms with E-state index in [1.807, 2.05) is 0 Å². The van der Waals surface area contributed by atoms with Gasteiger partial charge < -0.3 is 0 Å². The second-order valence-electron chi connectivity index (χ2n) is 3.38. The Bertz CT molecular complexity index is 121. The largest absolute Gasteiger partial charge is 0.297 e. The average molecular weight is 194 g/mol. The highest BCUT2D eigenvalue weighted by atomic mass is 35.5. The molecule has 1 atom stereocenters. The van der Waals surface area contributed by atoms with Crippen molar-refractivity contribution in [1.82, 2.24) is 4.90 Å². The van der Waals surface area contributed by atoms with Crippen molar-refractivity contribution < 1.29 is 4.39 Å². The standard InChI is InChI=1S/C9H17ClFN/c10-8-9-4-2-1-3-6-12(9)7-5-11/h9H,1-8H2. The predicted octanol–water partition coefficient (Wildman–Crippen LogP) is 2.44. The van der Waals surface area contributed by atoms with E-state index in [2.05, 4.69) is 4.90 Å². The van der Waals surface area contributed by atoms with Gasteiger partial charge in [0.1, 0.15) is 6.67 Å². The first-order valence-corrected chi connectivity index (χ1v) is 5.28. The van der Waals surface area contributed by atoms with E-state index in [0.717, 1.165) is 13.0 Å². The summed E-state index contributed by atoms with van der Waals surface area (Å²) in [4.78, 5) is 2.19. The molecule has 1 heterocycles. The van der Waals surface area contributed by atoms with E-state index >= 15 is 0 Å². The smallest absolute Gasteiger partial charge is 0.102 e. The minimum atomic E-state index is -0.243. The molecule has 1 aliphatic rings. The minimum Gasteiger partial charge on any atom is -0.297 e. The van der Waals surface area contributed by atoms with Gasteiger partial charge in [0.05, 0.1) is 0 Å². The van der Waals surface area contributed by atoms with Crippen LogP contribution >= 0.6 is 11.6 Å². The lowest BCUT2D eigenvalue weighted by molar-refractivity contribution is 0.198. The molecule has 0 N–H and O–H groups in total. The highest BCUT2D eigenvalue weighted by molar-refractivity contribution is 6.18. The topological polar surface area (TPSA) is 3.24 Å². The summed E-state index contributed by atoms with van der Waals surface area (Å²) in [7, 11) is 0. The Hall–Kier alpha value is 0.180. The fraction of sp³-hybridized carbons (Fsp3) is 1.00. The van der Waals surface area contributed by atoms with Crippen molar-refractivity contribution in [1.29, 1.82) is 0 Å². The molecule has 0 spiro atoms. The Kier molecular flexibility index (Phi) is 4.93. The molecule has 1 fully saturated rings. The number of hydrogen-bond acceptors (Lipinski definition) is 1. The first-order valence-electron chi connectivity index (χ1n) is 4.74. The van der Waals surface area contributed by atoms with Crippen LogP contribution in [0.5, 0.6) is 0 Å². The minimum absolute atomic E-state index is 0.243. The zero-order chi connectivity index (χ0) is 8.81. The van der Waals surface area contributed by atoms with Crippen LogP contribution in [-0.2, 0) is 0 Å². The third kappa shape index (κ3) is 2.91. The Labute approximate surface area is 78.9 Å². The summed E-state index contributed by atoms with van der Waals surface area (Å²) in [6.07, 6.45) is 4.87. The molecule has 1 unspecified atom stereocenters. The Morgan fingerprint density at radius 3 is 2.83 bits per heavy atom. The van der Waals surface area contributed by atoms with Crippen LogP contribution in [0.2, 0.25) is 0 Å². The first-order chi connectivity index (χ1) is 5.88. The average Bonchev–Trinajstić information content (AvgIpc) is 2.30. The van der Waals surface area contributed by atoms with Gasteiger partial charge in [-0.2, -0.15) is 0 Å². The summed E-state index contributed by atoms with van der Waals surface area (Å²) in [5.41, 5.74) is 0. The lowest BCUT2D eigenvalue weighted by Gasteiger charge is -2.26. The van der Waals surface area contributed by atoms with Gasteiger partial charge in [0.2, 0.25) is 0 Å². The van der Waals surface area contributed by atoms with Crippen LogP contribution in [0.25, 0.3) is 0 Å². The highest BCUT2D eigenvalue weighted by Gasteiger charge is 2.19. The maximum absolute atomic E-state index is 12.1. The van der Waals surface area contributed by atoms with Gasteiger partial charge in [-0.05, 0) is 19.4 Å². The van der Waals surface area contributed by atoms with Crippen molar-refractivity contribution in [2.75, 3.05) is 25.6 Å². The quantitative estimate of drug-likeness (QED) is 0.623. The molecule has 0 aromatic heterocycles. The van der Waals surface area contributed by atoms with Gasteiger partial charge in [0, 0.05) is 18.5 Å². The van der Waals surface area contributed by atoms with Crippen LogP contribution in [0.3, 0.4) is 0 Å². The van der Waals surface area contributed by atoms with Crippen molar-refractivity contribution in [3.05, 3.63) is 0 Å². The van der Waals surface area contributed by atoms with E-state index in [1.165, 1.54) is 19.3 Å². The molecular weight excluding hydrogens is 177 g/mol. The third-order valence-corrected chi connectivity index (χ3v) is 2.91. The number of rotatable bonds is 3. The molecule has 0 aromatic carbocycles. The number of nitrogens with zero attached hydrogens (tertiary/aromatic N) is 1. The zero-order valence-electron chi connectivity index (χ0n) is 7.44. The zero-order valence-corrected chi connectivity index (χ0v) is 8.19. The summed E-state index contributed by atoms with van der Waals surface area (Å²) >= 11 is 5.82. The van der Waals surface area contributed by atoms with Gasteiger partial charge in [-0.25, -0.2) is 4.39 Å². The van der Waals surface area contributed by atoms with Gasteiger partial charge in [-0.15, -0.1) is 11.6 Å². The highest BCUT2D eigenvalue weighted by Crippen LogP contribution is 2.17. The van der Waals surface area contributed by atoms with Gasteiger partial charge >= 0.3 is 0 Å². The first kappa shape index (κ1) is 10.3. The monoisotopic (exact) mass is 193 g/mol.